The van der Waals surface area contributed by atoms with Gasteiger partial charge in [0.1, 0.15) is 0 Å². The summed E-state index contributed by atoms with van der Waals surface area (Å²) in [5.74, 6) is -0.0261. The number of carbonyl (C=O) groups is 1. The van der Waals surface area contributed by atoms with Crippen molar-refractivity contribution in [3.63, 3.8) is 0 Å². The Labute approximate surface area is 91.5 Å². The second-order valence-corrected chi connectivity index (χ2v) is 3.65. The third-order valence-corrected chi connectivity index (χ3v) is 1.88. The van der Waals surface area contributed by atoms with Crippen LogP contribution in [0.4, 0.5) is 0 Å². The van der Waals surface area contributed by atoms with Crippen molar-refractivity contribution in [1.82, 2.24) is 10.6 Å². The Balaban J connectivity index is 3.59. The fraction of sp³-hybridized carbons (Fsp3) is 0.900. The molecule has 0 saturated heterocycles. The number of hydrogen-bond acceptors (Lipinski definition) is 4. The molecule has 2 N–H and O–H groups in total. The maximum atomic E-state index is 11.3. The Hall–Kier alpha value is -0.650. The molecule has 0 aliphatic rings. The average molecular weight is 218 g/mol. The molecule has 0 heterocycles. The molecule has 1 atom stereocenters. The quantitative estimate of drug-likeness (QED) is 0.590. The van der Waals surface area contributed by atoms with Gasteiger partial charge in [-0.2, -0.15) is 0 Å². The molecule has 0 aromatic rings. The number of carbonyl (C=O) groups excluding carboxylic acids is 1. The smallest absolute Gasteiger partial charge is 0.234 e. The molecule has 1 unspecified atom stereocenters. The van der Waals surface area contributed by atoms with E-state index in [4.69, 9.17) is 9.47 Å². The summed E-state index contributed by atoms with van der Waals surface area (Å²) < 4.78 is 10.0. The summed E-state index contributed by atoms with van der Waals surface area (Å²) in [6, 6.07) is 0.313. The minimum absolute atomic E-state index is 0.0261. The van der Waals surface area contributed by atoms with Crippen molar-refractivity contribution in [3.05, 3.63) is 0 Å². The first-order valence-electron chi connectivity index (χ1n) is 5.12. The fourth-order valence-electron chi connectivity index (χ4n) is 0.983. The van der Waals surface area contributed by atoms with E-state index in [1.54, 1.807) is 14.2 Å². The van der Waals surface area contributed by atoms with E-state index in [2.05, 4.69) is 10.6 Å². The van der Waals surface area contributed by atoms with Crippen molar-refractivity contribution in [2.24, 2.45) is 0 Å². The number of hydrogen-bond donors (Lipinski definition) is 2. The van der Waals surface area contributed by atoms with E-state index < -0.39 is 0 Å². The van der Waals surface area contributed by atoms with Gasteiger partial charge in [-0.15, -0.1) is 0 Å². The molecule has 1 amide bonds. The number of rotatable bonds is 8. The van der Waals surface area contributed by atoms with Crippen LogP contribution in [0.25, 0.3) is 0 Å². The van der Waals surface area contributed by atoms with Gasteiger partial charge in [-0.05, 0) is 0 Å². The van der Waals surface area contributed by atoms with Crippen LogP contribution in [0.3, 0.4) is 0 Å². The van der Waals surface area contributed by atoms with E-state index in [-0.39, 0.29) is 12.0 Å². The van der Waals surface area contributed by atoms with Gasteiger partial charge in [-0.25, -0.2) is 0 Å². The molecule has 0 bridgehead atoms. The first-order valence-corrected chi connectivity index (χ1v) is 5.12. The predicted molar refractivity (Wildman–Crippen MR) is 58.8 cm³/mol. The van der Waals surface area contributed by atoms with E-state index in [1.165, 1.54) is 0 Å². The van der Waals surface area contributed by atoms with Crippen LogP contribution in [0.2, 0.25) is 0 Å². The summed E-state index contributed by atoms with van der Waals surface area (Å²) in [4.78, 5) is 11.3. The van der Waals surface area contributed by atoms with Crippen molar-refractivity contribution >= 4 is 5.91 Å². The lowest BCUT2D eigenvalue weighted by atomic mass is 10.3. The molecular weight excluding hydrogens is 196 g/mol. The number of nitrogens with one attached hydrogen (secondary N) is 2. The van der Waals surface area contributed by atoms with E-state index in [1.807, 2.05) is 13.8 Å². The van der Waals surface area contributed by atoms with Crippen molar-refractivity contribution in [2.75, 3.05) is 33.9 Å². The molecule has 0 aliphatic heterocycles. The van der Waals surface area contributed by atoms with E-state index >= 15 is 0 Å². The predicted octanol–water partition coefficient (Wildman–Crippen LogP) is -0.238. The van der Waals surface area contributed by atoms with Crippen LogP contribution in [-0.2, 0) is 14.3 Å². The highest BCUT2D eigenvalue weighted by Crippen LogP contribution is 1.88. The summed E-state index contributed by atoms with van der Waals surface area (Å²) in [6.07, 6.45) is -0.0852. The van der Waals surface area contributed by atoms with Crippen molar-refractivity contribution in [3.8, 4) is 0 Å². The molecule has 0 fully saturated rings. The van der Waals surface area contributed by atoms with Gasteiger partial charge in [0.25, 0.3) is 0 Å². The maximum Gasteiger partial charge on any atom is 0.234 e. The first-order chi connectivity index (χ1) is 7.10. The summed E-state index contributed by atoms with van der Waals surface area (Å²) in [6.45, 7) is 5.28. The highest BCUT2D eigenvalue weighted by Gasteiger charge is 2.08. The molecule has 90 valence electrons. The van der Waals surface area contributed by atoms with E-state index in [0.717, 1.165) is 0 Å². The standard InChI is InChI=1S/C10H22N2O3/c1-8(2)11-6-10(13)12-5-9(15-4)7-14-3/h8-9,11H,5-7H2,1-4H3,(H,12,13). The van der Waals surface area contributed by atoms with E-state index in [0.29, 0.717) is 25.7 Å². The number of ether oxygens (including phenoxy) is 2. The lowest BCUT2D eigenvalue weighted by Crippen LogP contribution is -2.41. The van der Waals surface area contributed by atoms with Crippen LogP contribution in [0.5, 0.6) is 0 Å². The summed E-state index contributed by atoms with van der Waals surface area (Å²) in [5.41, 5.74) is 0. The lowest BCUT2D eigenvalue weighted by Gasteiger charge is -2.15. The fourth-order valence-corrected chi connectivity index (χ4v) is 0.983. The number of amides is 1. The monoisotopic (exact) mass is 218 g/mol. The van der Waals surface area contributed by atoms with Gasteiger partial charge < -0.3 is 20.1 Å². The molecule has 0 aromatic carbocycles. The summed E-state index contributed by atoms with van der Waals surface area (Å²) in [7, 11) is 3.20. The Morgan fingerprint density at radius 1 is 1.33 bits per heavy atom. The molecule has 0 aliphatic carbocycles. The molecule has 5 nitrogen and oxygen atoms in total. The van der Waals surface area contributed by atoms with Crippen LogP contribution in [0.1, 0.15) is 13.8 Å². The molecule has 5 heteroatoms. The van der Waals surface area contributed by atoms with Gasteiger partial charge in [0, 0.05) is 26.8 Å². The maximum absolute atomic E-state index is 11.3. The Morgan fingerprint density at radius 3 is 2.47 bits per heavy atom. The van der Waals surface area contributed by atoms with Crippen molar-refractivity contribution < 1.29 is 14.3 Å². The van der Waals surface area contributed by atoms with Crippen LogP contribution in [-0.4, -0.2) is 52.0 Å². The van der Waals surface area contributed by atoms with Gasteiger partial charge in [-0.1, -0.05) is 13.8 Å². The van der Waals surface area contributed by atoms with Gasteiger partial charge in [0.2, 0.25) is 5.91 Å². The summed E-state index contributed by atoms with van der Waals surface area (Å²) >= 11 is 0. The van der Waals surface area contributed by atoms with Gasteiger partial charge >= 0.3 is 0 Å². The molecule has 0 aromatic heterocycles. The van der Waals surface area contributed by atoms with E-state index in [9.17, 15) is 4.79 Å². The minimum atomic E-state index is -0.0852. The Kier molecular flexibility index (Phi) is 8.27. The zero-order valence-electron chi connectivity index (χ0n) is 10.0. The third kappa shape index (κ3) is 8.35. The zero-order valence-corrected chi connectivity index (χ0v) is 10.0. The number of methoxy groups -OCH3 is 2. The molecule has 0 radical (unpaired) electrons. The topological polar surface area (TPSA) is 59.6 Å². The molecule has 0 rings (SSSR count). The second kappa shape index (κ2) is 8.64. The van der Waals surface area contributed by atoms with Crippen LogP contribution < -0.4 is 10.6 Å². The molecular formula is C10H22N2O3. The molecule has 0 saturated carbocycles. The molecule has 0 spiro atoms. The van der Waals surface area contributed by atoms with Crippen molar-refractivity contribution in [1.29, 1.82) is 0 Å². The van der Waals surface area contributed by atoms with Gasteiger partial charge in [0.05, 0.1) is 19.3 Å². The highest BCUT2D eigenvalue weighted by atomic mass is 16.5. The second-order valence-electron chi connectivity index (χ2n) is 3.65. The van der Waals surface area contributed by atoms with Crippen molar-refractivity contribution in [2.45, 2.75) is 26.0 Å². The average Bonchev–Trinajstić information content (AvgIpc) is 2.21. The SMILES string of the molecule is COCC(CNC(=O)CNC(C)C)OC. The zero-order chi connectivity index (χ0) is 11.7. The summed E-state index contributed by atoms with van der Waals surface area (Å²) in [5, 5.41) is 5.80. The van der Waals surface area contributed by atoms with Gasteiger partial charge in [0.15, 0.2) is 0 Å². The molecule has 15 heavy (non-hydrogen) atoms. The lowest BCUT2D eigenvalue weighted by molar-refractivity contribution is -0.121. The normalized spacial score (nSPS) is 12.9. The minimum Gasteiger partial charge on any atom is -0.382 e. The van der Waals surface area contributed by atoms with Crippen LogP contribution >= 0.6 is 0 Å². The Bertz CT molecular complexity index is 174. The highest BCUT2D eigenvalue weighted by molar-refractivity contribution is 5.78. The first kappa shape index (κ1) is 14.3. The third-order valence-electron chi connectivity index (χ3n) is 1.88. The van der Waals surface area contributed by atoms with Crippen LogP contribution in [0, 0.1) is 0 Å². The largest absolute Gasteiger partial charge is 0.382 e. The van der Waals surface area contributed by atoms with Gasteiger partial charge in [-0.3, -0.25) is 4.79 Å². The van der Waals surface area contributed by atoms with Crippen LogP contribution in [0.15, 0.2) is 0 Å². The Morgan fingerprint density at radius 2 is 2.00 bits per heavy atom.